The third-order valence-corrected chi connectivity index (χ3v) is 4.05. The molecule has 0 aliphatic rings. The molecule has 2 rings (SSSR count). The number of ether oxygens (including phenoxy) is 1. The summed E-state index contributed by atoms with van der Waals surface area (Å²) >= 11 is 1.48. The lowest BCUT2D eigenvalue weighted by Crippen LogP contribution is -2.37. The summed E-state index contributed by atoms with van der Waals surface area (Å²) in [5.74, 6) is -0.732. The molecule has 0 saturated carbocycles. The van der Waals surface area contributed by atoms with E-state index in [1.54, 1.807) is 6.92 Å². The zero-order valence-corrected chi connectivity index (χ0v) is 14.1. The number of nitrogens with zero attached hydrogens (tertiary/aromatic N) is 1. The lowest BCUT2D eigenvalue weighted by Gasteiger charge is -2.13. The Morgan fingerprint density at radius 1 is 1.30 bits per heavy atom. The zero-order valence-electron chi connectivity index (χ0n) is 13.2. The van der Waals surface area contributed by atoms with E-state index in [1.807, 2.05) is 42.6 Å². The van der Waals surface area contributed by atoms with Crippen molar-refractivity contribution in [1.82, 2.24) is 10.3 Å². The van der Waals surface area contributed by atoms with Crippen molar-refractivity contribution >= 4 is 23.2 Å². The normalized spacial score (nSPS) is 11.7. The van der Waals surface area contributed by atoms with Crippen LogP contribution in [0.3, 0.4) is 0 Å². The largest absolute Gasteiger partial charge is 0.452 e. The highest BCUT2D eigenvalue weighted by Gasteiger charge is 2.18. The second kappa shape index (κ2) is 8.43. The molecule has 1 amide bonds. The third-order valence-electron chi connectivity index (χ3n) is 3.23. The molecule has 0 spiro atoms. The first kappa shape index (κ1) is 17.1. The maximum Gasteiger partial charge on any atom is 0.312 e. The van der Waals surface area contributed by atoms with Crippen molar-refractivity contribution in [2.24, 2.45) is 0 Å². The molecule has 0 bridgehead atoms. The number of amides is 1. The Balaban J connectivity index is 1.70. The van der Waals surface area contributed by atoms with Crippen LogP contribution in [0.25, 0.3) is 0 Å². The quantitative estimate of drug-likeness (QED) is 0.790. The van der Waals surface area contributed by atoms with Crippen LogP contribution >= 0.6 is 11.3 Å². The molecule has 1 heterocycles. The molecule has 6 heteroatoms. The first-order valence-corrected chi connectivity index (χ1v) is 8.34. The monoisotopic (exact) mass is 332 g/mol. The molecule has 2 aromatic rings. The number of rotatable bonds is 7. The molecule has 0 saturated heterocycles. The topological polar surface area (TPSA) is 68.3 Å². The number of carbonyl (C=O) groups is 2. The molecule has 1 aromatic carbocycles. The molecule has 0 aliphatic carbocycles. The van der Waals surface area contributed by atoms with Crippen LogP contribution in [0, 0.1) is 6.92 Å². The van der Waals surface area contributed by atoms with Crippen LogP contribution < -0.4 is 5.32 Å². The van der Waals surface area contributed by atoms with Gasteiger partial charge in [0.15, 0.2) is 6.10 Å². The Labute approximate surface area is 139 Å². The maximum absolute atomic E-state index is 11.9. The Morgan fingerprint density at radius 2 is 2.04 bits per heavy atom. The molecule has 1 aromatic heterocycles. The van der Waals surface area contributed by atoms with Crippen molar-refractivity contribution in [2.45, 2.75) is 32.8 Å². The van der Waals surface area contributed by atoms with Gasteiger partial charge in [0, 0.05) is 11.9 Å². The van der Waals surface area contributed by atoms with Crippen LogP contribution in [0.4, 0.5) is 0 Å². The van der Waals surface area contributed by atoms with Crippen molar-refractivity contribution in [1.29, 1.82) is 0 Å². The molecule has 23 heavy (non-hydrogen) atoms. The molecular formula is C17H20N2O3S. The van der Waals surface area contributed by atoms with E-state index in [1.165, 1.54) is 11.3 Å². The summed E-state index contributed by atoms with van der Waals surface area (Å²) in [6, 6.07) is 9.88. The first-order chi connectivity index (χ1) is 11.0. The summed E-state index contributed by atoms with van der Waals surface area (Å²) in [4.78, 5) is 27.9. The highest BCUT2D eigenvalue weighted by Crippen LogP contribution is 2.09. The highest BCUT2D eigenvalue weighted by atomic mass is 32.1. The van der Waals surface area contributed by atoms with Crippen molar-refractivity contribution in [2.75, 3.05) is 6.54 Å². The van der Waals surface area contributed by atoms with E-state index < -0.39 is 12.1 Å². The summed E-state index contributed by atoms with van der Waals surface area (Å²) in [7, 11) is 0. The number of nitrogens with one attached hydrogen (secondary N) is 1. The second-order valence-electron chi connectivity index (χ2n) is 5.19. The Kier molecular flexibility index (Phi) is 6.29. The fourth-order valence-electron chi connectivity index (χ4n) is 2.05. The van der Waals surface area contributed by atoms with Crippen molar-refractivity contribution in [3.63, 3.8) is 0 Å². The van der Waals surface area contributed by atoms with E-state index in [9.17, 15) is 9.59 Å². The van der Waals surface area contributed by atoms with E-state index in [2.05, 4.69) is 10.3 Å². The standard InChI is InChI=1S/C17H20N2O3S/c1-12(22-16(20)10-15-11-23-13(2)19-15)17(21)18-9-8-14-6-4-3-5-7-14/h3-7,11-12H,8-10H2,1-2H3,(H,18,21). The van der Waals surface area contributed by atoms with Crippen LogP contribution in [0.15, 0.2) is 35.7 Å². The van der Waals surface area contributed by atoms with Crippen molar-refractivity contribution in [3.05, 3.63) is 52.0 Å². The number of benzene rings is 1. The average Bonchev–Trinajstić information content (AvgIpc) is 2.93. The Morgan fingerprint density at radius 3 is 2.70 bits per heavy atom. The Bertz CT molecular complexity index is 655. The van der Waals surface area contributed by atoms with Crippen molar-refractivity contribution in [3.8, 4) is 0 Å². The predicted molar refractivity (Wildman–Crippen MR) is 89.3 cm³/mol. The number of carbonyl (C=O) groups excluding carboxylic acids is 2. The fourth-order valence-corrected chi connectivity index (χ4v) is 2.66. The van der Waals surface area contributed by atoms with Crippen LogP contribution in [-0.2, 0) is 27.2 Å². The Hall–Kier alpha value is -2.21. The molecule has 1 N–H and O–H groups in total. The average molecular weight is 332 g/mol. The molecular weight excluding hydrogens is 312 g/mol. The minimum Gasteiger partial charge on any atom is -0.452 e. The summed E-state index contributed by atoms with van der Waals surface area (Å²) in [6.07, 6.45) is 0.0233. The summed E-state index contributed by atoms with van der Waals surface area (Å²) in [5, 5.41) is 5.50. The summed E-state index contributed by atoms with van der Waals surface area (Å²) in [5.41, 5.74) is 1.82. The van der Waals surface area contributed by atoms with E-state index >= 15 is 0 Å². The molecule has 0 aliphatic heterocycles. The third kappa shape index (κ3) is 5.83. The number of hydrogen-bond donors (Lipinski definition) is 1. The summed E-state index contributed by atoms with van der Waals surface area (Å²) < 4.78 is 5.14. The van der Waals surface area contributed by atoms with Crippen LogP contribution in [0.2, 0.25) is 0 Å². The first-order valence-electron chi connectivity index (χ1n) is 7.46. The number of aromatic nitrogens is 1. The molecule has 122 valence electrons. The molecule has 0 fully saturated rings. The van der Waals surface area contributed by atoms with Crippen LogP contribution in [0.1, 0.15) is 23.2 Å². The van der Waals surface area contributed by atoms with Gasteiger partial charge in [0.25, 0.3) is 5.91 Å². The molecule has 1 unspecified atom stereocenters. The molecule has 5 nitrogen and oxygen atoms in total. The van der Waals surface area contributed by atoms with Gasteiger partial charge >= 0.3 is 5.97 Å². The van der Waals surface area contributed by atoms with E-state index in [0.29, 0.717) is 12.2 Å². The lowest BCUT2D eigenvalue weighted by molar-refractivity contribution is -0.154. The number of thiazole rings is 1. The van der Waals surface area contributed by atoms with Gasteiger partial charge in [-0.25, -0.2) is 4.98 Å². The van der Waals surface area contributed by atoms with Gasteiger partial charge in [0.05, 0.1) is 17.1 Å². The van der Waals surface area contributed by atoms with E-state index in [0.717, 1.165) is 17.0 Å². The zero-order chi connectivity index (χ0) is 16.7. The molecule has 0 radical (unpaired) electrons. The lowest BCUT2D eigenvalue weighted by atomic mass is 10.1. The van der Waals surface area contributed by atoms with Crippen LogP contribution in [0.5, 0.6) is 0 Å². The van der Waals surface area contributed by atoms with Gasteiger partial charge in [-0.2, -0.15) is 0 Å². The predicted octanol–water partition coefficient (Wildman–Crippen LogP) is 2.28. The van der Waals surface area contributed by atoms with Crippen molar-refractivity contribution < 1.29 is 14.3 Å². The van der Waals surface area contributed by atoms with Gasteiger partial charge in [0.2, 0.25) is 0 Å². The van der Waals surface area contributed by atoms with E-state index in [4.69, 9.17) is 4.74 Å². The second-order valence-corrected chi connectivity index (χ2v) is 6.26. The van der Waals surface area contributed by atoms with Gasteiger partial charge in [-0.05, 0) is 25.8 Å². The van der Waals surface area contributed by atoms with E-state index in [-0.39, 0.29) is 12.3 Å². The SMILES string of the molecule is Cc1nc(CC(=O)OC(C)C(=O)NCCc2ccccc2)cs1. The van der Waals surface area contributed by atoms with Gasteiger partial charge in [-0.3, -0.25) is 9.59 Å². The van der Waals surface area contributed by atoms with Gasteiger partial charge in [-0.1, -0.05) is 30.3 Å². The minimum absolute atomic E-state index is 0.0893. The summed E-state index contributed by atoms with van der Waals surface area (Å²) in [6.45, 7) is 3.96. The number of aryl methyl sites for hydroxylation is 1. The maximum atomic E-state index is 11.9. The van der Waals surface area contributed by atoms with Gasteiger partial charge < -0.3 is 10.1 Å². The minimum atomic E-state index is -0.807. The fraction of sp³-hybridized carbons (Fsp3) is 0.353. The number of hydrogen-bond acceptors (Lipinski definition) is 5. The molecule has 1 atom stereocenters. The smallest absolute Gasteiger partial charge is 0.312 e. The highest BCUT2D eigenvalue weighted by molar-refractivity contribution is 7.09. The van der Waals surface area contributed by atoms with Gasteiger partial charge in [0.1, 0.15) is 0 Å². The number of esters is 1. The van der Waals surface area contributed by atoms with Gasteiger partial charge in [-0.15, -0.1) is 11.3 Å². The van der Waals surface area contributed by atoms with Crippen LogP contribution in [-0.4, -0.2) is 29.5 Å².